The quantitative estimate of drug-likeness (QED) is 0.616. The molecule has 0 aliphatic rings. The maximum Gasteiger partial charge on any atom is 0.351 e. The summed E-state index contributed by atoms with van der Waals surface area (Å²) in [5.41, 5.74) is 2.75. The van der Waals surface area contributed by atoms with Crippen LogP contribution in [0.2, 0.25) is 0 Å². The van der Waals surface area contributed by atoms with Gasteiger partial charge in [0.25, 0.3) is 0 Å². The Morgan fingerprint density at radius 1 is 1.08 bits per heavy atom. The van der Waals surface area contributed by atoms with E-state index in [-0.39, 0.29) is 18.1 Å². The third kappa shape index (κ3) is 2.83. The van der Waals surface area contributed by atoms with Gasteiger partial charge in [0.05, 0.1) is 18.4 Å². The molecule has 2 aromatic carbocycles. The fraction of sp³-hybridized carbons (Fsp3) is 0.105. The van der Waals surface area contributed by atoms with Crippen LogP contribution in [0, 0.1) is 12.7 Å². The van der Waals surface area contributed by atoms with E-state index in [2.05, 4.69) is 15.3 Å². The van der Waals surface area contributed by atoms with Gasteiger partial charge in [-0.05, 0) is 30.7 Å². The standard InChI is InChI=1S/C19H16FN5O/c1-13-23-25(17-8-6-14(7-9-17)16-10-21-22-11-16)19(26)24(13)12-15-4-2-3-5-18(15)20/h2-11H,12H2,1H3,(H,21,22). The Balaban J connectivity index is 1.68. The first-order valence-electron chi connectivity index (χ1n) is 8.13. The van der Waals surface area contributed by atoms with E-state index >= 15 is 0 Å². The number of rotatable bonds is 4. The minimum Gasteiger partial charge on any atom is -0.285 e. The highest BCUT2D eigenvalue weighted by Crippen LogP contribution is 2.19. The second-order valence-corrected chi connectivity index (χ2v) is 5.95. The van der Waals surface area contributed by atoms with Gasteiger partial charge in [-0.3, -0.25) is 9.67 Å². The van der Waals surface area contributed by atoms with Crippen LogP contribution in [0.5, 0.6) is 0 Å². The van der Waals surface area contributed by atoms with Crippen molar-refractivity contribution in [3.63, 3.8) is 0 Å². The number of nitrogens with one attached hydrogen (secondary N) is 1. The van der Waals surface area contributed by atoms with Gasteiger partial charge in [-0.1, -0.05) is 30.3 Å². The molecule has 26 heavy (non-hydrogen) atoms. The molecule has 2 heterocycles. The number of benzene rings is 2. The number of hydrogen-bond donors (Lipinski definition) is 1. The molecule has 0 saturated carbocycles. The van der Waals surface area contributed by atoms with E-state index in [1.807, 2.05) is 24.3 Å². The molecule has 0 bridgehead atoms. The number of aromatic nitrogens is 5. The maximum absolute atomic E-state index is 13.9. The van der Waals surface area contributed by atoms with Gasteiger partial charge >= 0.3 is 5.69 Å². The van der Waals surface area contributed by atoms with Crippen molar-refractivity contribution in [1.29, 1.82) is 0 Å². The van der Waals surface area contributed by atoms with Gasteiger partial charge < -0.3 is 0 Å². The van der Waals surface area contributed by atoms with E-state index in [9.17, 15) is 9.18 Å². The topological polar surface area (TPSA) is 68.5 Å². The lowest BCUT2D eigenvalue weighted by Gasteiger charge is -2.04. The molecule has 2 aromatic heterocycles. The molecular formula is C19H16FN5O. The fourth-order valence-electron chi connectivity index (χ4n) is 2.85. The smallest absolute Gasteiger partial charge is 0.285 e. The Labute approximate surface area is 148 Å². The Bertz CT molecular complexity index is 1090. The highest BCUT2D eigenvalue weighted by atomic mass is 19.1. The van der Waals surface area contributed by atoms with Crippen molar-refractivity contribution < 1.29 is 4.39 Å². The molecule has 0 amide bonds. The molecular weight excluding hydrogens is 333 g/mol. The van der Waals surface area contributed by atoms with Gasteiger partial charge in [0.15, 0.2) is 0 Å². The van der Waals surface area contributed by atoms with Crippen LogP contribution in [0.3, 0.4) is 0 Å². The molecule has 7 heteroatoms. The minimum absolute atomic E-state index is 0.143. The molecule has 0 aliphatic carbocycles. The Morgan fingerprint density at radius 3 is 2.54 bits per heavy atom. The number of nitrogens with zero attached hydrogens (tertiary/aromatic N) is 4. The predicted molar refractivity (Wildman–Crippen MR) is 95.6 cm³/mol. The Morgan fingerprint density at radius 2 is 1.85 bits per heavy atom. The number of halogens is 1. The zero-order chi connectivity index (χ0) is 18.1. The predicted octanol–water partition coefficient (Wildman–Crippen LogP) is 2.92. The summed E-state index contributed by atoms with van der Waals surface area (Å²) in [5, 5.41) is 11.0. The lowest BCUT2D eigenvalue weighted by Crippen LogP contribution is -2.25. The van der Waals surface area contributed by atoms with Crippen LogP contribution in [0.15, 0.2) is 65.7 Å². The number of aryl methyl sites for hydroxylation is 1. The molecule has 0 unspecified atom stereocenters. The zero-order valence-corrected chi connectivity index (χ0v) is 14.1. The van der Waals surface area contributed by atoms with E-state index in [0.29, 0.717) is 17.1 Å². The molecule has 0 saturated heterocycles. The molecule has 0 radical (unpaired) electrons. The van der Waals surface area contributed by atoms with Gasteiger partial charge in [-0.25, -0.2) is 9.18 Å². The summed E-state index contributed by atoms with van der Waals surface area (Å²) in [4.78, 5) is 12.7. The third-order valence-electron chi connectivity index (χ3n) is 4.28. The summed E-state index contributed by atoms with van der Waals surface area (Å²) in [6, 6.07) is 13.9. The van der Waals surface area contributed by atoms with Crippen LogP contribution in [-0.2, 0) is 6.54 Å². The summed E-state index contributed by atoms with van der Waals surface area (Å²) in [6.45, 7) is 1.88. The van der Waals surface area contributed by atoms with Crippen LogP contribution in [-0.4, -0.2) is 24.5 Å². The molecule has 6 nitrogen and oxygen atoms in total. The largest absolute Gasteiger partial charge is 0.351 e. The van der Waals surface area contributed by atoms with E-state index < -0.39 is 0 Å². The third-order valence-corrected chi connectivity index (χ3v) is 4.28. The van der Waals surface area contributed by atoms with Gasteiger partial charge in [0.2, 0.25) is 0 Å². The van der Waals surface area contributed by atoms with E-state index in [1.54, 1.807) is 37.5 Å². The number of aromatic amines is 1. The Hall–Kier alpha value is -3.48. The van der Waals surface area contributed by atoms with Crippen LogP contribution in [0.25, 0.3) is 16.8 Å². The molecule has 4 aromatic rings. The highest BCUT2D eigenvalue weighted by molar-refractivity contribution is 5.62. The van der Waals surface area contributed by atoms with E-state index in [0.717, 1.165) is 11.1 Å². The fourth-order valence-corrected chi connectivity index (χ4v) is 2.85. The van der Waals surface area contributed by atoms with Crippen molar-refractivity contribution >= 4 is 0 Å². The van der Waals surface area contributed by atoms with E-state index in [1.165, 1.54) is 15.3 Å². The van der Waals surface area contributed by atoms with Crippen molar-refractivity contribution in [2.45, 2.75) is 13.5 Å². The molecule has 1 N–H and O–H groups in total. The lowest BCUT2D eigenvalue weighted by molar-refractivity contribution is 0.593. The van der Waals surface area contributed by atoms with E-state index in [4.69, 9.17) is 0 Å². The first-order chi connectivity index (χ1) is 12.6. The molecule has 0 spiro atoms. The van der Waals surface area contributed by atoms with Crippen LogP contribution < -0.4 is 5.69 Å². The highest BCUT2D eigenvalue weighted by Gasteiger charge is 2.13. The molecule has 0 aliphatic heterocycles. The van der Waals surface area contributed by atoms with Gasteiger partial charge in [0, 0.05) is 17.3 Å². The summed E-state index contributed by atoms with van der Waals surface area (Å²) < 4.78 is 16.7. The van der Waals surface area contributed by atoms with Crippen LogP contribution in [0.4, 0.5) is 4.39 Å². The van der Waals surface area contributed by atoms with Gasteiger partial charge in [-0.15, -0.1) is 0 Å². The summed E-state index contributed by atoms with van der Waals surface area (Å²) in [7, 11) is 0. The number of H-pyrrole nitrogens is 1. The van der Waals surface area contributed by atoms with Crippen LogP contribution in [0.1, 0.15) is 11.4 Å². The first-order valence-corrected chi connectivity index (χ1v) is 8.13. The first kappa shape index (κ1) is 16.0. The SMILES string of the molecule is Cc1nn(-c2ccc(-c3cn[nH]c3)cc2)c(=O)n1Cc1ccccc1F. The molecule has 0 atom stereocenters. The summed E-state index contributed by atoms with van der Waals surface area (Å²) >= 11 is 0. The second kappa shape index (κ2) is 6.44. The summed E-state index contributed by atoms with van der Waals surface area (Å²) in [6.07, 6.45) is 3.53. The van der Waals surface area contributed by atoms with Crippen molar-refractivity contribution in [2.24, 2.45) is 0 Å². The minimum atomic E-state index is -0.337. The van der Waals surface area contributed by atoms with Gasteiger partial charge in [-0.2, -0.15) is 14.9 Å². The summed E-state index contributed by atoms with van der Waals surface area (Å²) in [5.74, 6) is 0.188. The maximum atomic E-state index is 13.9. The van der Waals surface area contributed by atoms with Crippen molar-refractivity contribution in [3.8, 4) is 16.8 Å². The monoisotopic (exact) mass is 349 g/mol. The Kier molecular flexibility index (Phi) is 3.96. The lowest BCUT2D eigenvalue weighted by atomic mass is 10.1. The molecule has 0 fully saturated rings. The second-order valence-electron chi connectivity index (χ2n) is 5.95. The van der Waals surface area contributed by atoms with Crippen molar-refractivity contribution in [1.82, 2.24) is 24.5 Å². The zero-order valence-electron chi connectivity index (χ0n) is 14.1. The molecule has 130 valence electrons. The van der Waals surface area contributed by atoms with Crippen molar-refractivity contribution in [3.05, 3.63) is 88.6 Å². The van der Waals surface area contributed by atoms with Gasteiger partial charge in [0.1, 0.15) is 11.6 Å². The van der Waals surface area contributed by atoms with Crippen molar-refractivity contribution in [2.75, 3.05) is 0 Å². The van der Waals surface area contributed by atoms with Crippen LogP contribution >= 0.6 is 0 Å². The number of hydrogen-bond acceptors (Lipinski definition) is 3. The average molecular weight is 349 g/mol. The molecule has 4 rings (SSSR count). The average Bonchev–Trinajstić information content (AvgIpc) is 3.28. The normalized spacial score (nSPS) is 11.0.